The Morgan fingerprint density at radius 2 is 2.27 bits per heavy atom. The van der Waals surface area contributed by atoms with E-state index in [4.69, 9.17) is 16.7 Å². The van der Waals surface area contributed by atoms with Gasteiger partial charge < -0.3 is 9.67 Å². The van der Waals surface area contributed by atoms with Crippen LogP contribution in [0.4, 0.5) is 0 Å². The first kappa shape index (κ1) is 10.2. The van der Waals surface area contributed by atoms with E-state index in [0.717, 1.165) is 16.3 Å². The third-order valence-corrected chi connectivity index (χ3v) is 2.66. The van der Waals surface area contributed by atoms with E-state index in [2.05, 4.69) is 4.98 Å². The van der Waals surface area contributed by atoms with E-state index in [-0.39, 0.29) is 6.61 Å². The average molecular weight is 223 g/mol. The SMILES string of the molecule is Cc1ccc(-n2cnc(CO)c2)cc1Cl. The number of aromatic nitrogens is 2. The number of aliphatic hydroxyl groups is 1. The molecule has 1 heterocycles. The number of aliphatic hydroxyl groups excluding tert-OH is 1. The maximum atomic E-state index is 8.89. The van der Waals surface area contributed by atoms with Crippen LogP contribution in [0.2, 0.25) is 5.02 Å². The summed E-state index contributed by atoms with van der Waals surface area (Å²) in [6.07, 6.45) is 3.44. The van der Waals surface area contributed by atoms with Gasteiger partial charge in [0.15, 0.2) is 0 Å². The van der Waals surface area contributed by atoms with E-state index in [1.807, 2.05) is 29.7 Å². The van der Waals surface area contributed by atoms with E-state index < -0.39 is 0 Å². The number of halogens is 1. The van der Waals surface area contributed by atoms with Crippen molar-refractivity contribution >= 4 is 11.6 Å². The molecule has 0 unspecified atom stereocenters. The fourth-order valence-corrected chi connectivity index (χ4v) is 1.50. The Morgan fingerprint density at radius 3 is 2.87 bits per heavy atom. The molecule has 0 atom stereocenters. The Labute approximate surface area is 93.0 Å². The number of imidazole rings is 1. The molecule has 1 aromatic carbocycles. The van der Waals surface area contributed by atoms with Gasteiger partial charge in [-0.1, -0.05) is 17.7 Å². The van der Waals surface area contributed by atoms with Crippen molar-refractivity contribution in [3.63, 3.8) is 0 Å². The lowest BCUT2D eigenvalue weighted by Gasteiger charge is -2.03. The molecule has 0 saturated carbocycles. The van der Waals surface area contributed by atoms with Crippen molar-refractivity contribution < 1.29 is 5.11 Å². The number of hydrogen-bond donors (Lipinski definition) is 1. The van der Waals surface area contributed by atoms with Crippen molar-refractivity contribution in [3.8, 4) is 5.69 Å². The average Bonchev–Trinajstić information content (AvgIpc) is 2.70. The van der Waals surface area contributed by atoms with Crippen LogP contribution in [-0.4, -0.2) is 14.7 Å². The molecule has 2 aromatic rings. The van der Waals surface area contributed by atoms with E-state index in [1.54, 1.807) is 12.5 Å². The van der Waals surface area contributed by atoms with E-state index in [9.17, 15) is 0 Å². The molecule has 1 N–H and O–H groups in total. The smallest absolute Gasteiger partial charge is 0.0996 e. The summed E-state index contributed by atoms with van der Waals surface area (Å²) < 4.78 is 1.83. The third kappa shape index (κ3) is 2.03. The minimum atomic E-state index is -0.0490. The normalized spacial score (nSPS) is 10.6. The number of benzene rings is 1. The quantitative estimate of drug-likeness (QED) is 0.847. The summed E-state index contributed by atoms with van der Waals surface area (Å²) in [5.74, 6) is 0. The fraction of sp³-hybridized carbons (Fsp3) is 0.182. The highest BCUT2D eigenvalue weighted by Crippen LogP contribution is 2.19. The standard InChI is InChI=1S/C11H11ClN2O/c1-8-2-3-10(4-11(8)12)14-5-9(6-15)13-7-14/h2-5,7,15H,6H2,1H3. The molecule has 1 aromatic heterocycles. The van der Waals surface area contributed by atoms with Crippen molar-refractivity contribution in [1.82, 2.24) is 9.55 Å². The first-order chi connectivity index (χ1) is 7.20. The monoisotopic (exact) mass is 222 g/mol. The van der Waals surface area contributed by atoms with Gasteiger partial charge in [-0.2, -0.15) is 0 Å². The van der Waals surface area contributed by atoms with Crippen molar-refractivity contribution in [2.75, 3.05) is 0 Å². The van der Waals surface area contributed by atoms with Crippen molar-refractivity contribution in [2.45, 2.75) is 13.5 Å². The zero-order valence-electron chi connectivity index (χ0n) is 8.31. The lowest BCUT2D eigenvalue weighted by atomic mass is 10.2. The highest BCUT2D eigenvalue weighted by atomic mass is 35.5. The van der Waals surface area contributed by atoms with Crippen LogP contribution in [0.15, 0.2) is 30.7 Å². The molecule has 0 aliphatic carbocycles. The molecule has 78 valence electrons. The summed E-state index contributed by atoms with van der Waals surface area (Å²) in [5.41, 5.74) is 2.63. The van der Waals surface area contributed by atoms with Crippen LogP contribution in [0.25, 0.3) is 5.69 Å². The van der Waals surface area contributed by atoms with E-state index in [1.165, 1.54) is 0 Å². The third-order valence-electron chi connectivity index (χ3n) is 2.25. The van der Waals surface area contributed by atoms with Crippen LogP contribution >= 0.6 is 11.6 Å². The highest BCUT2D eigenvalue weighted by molar-refractivity contribution is 6.31. The zero-order valence-corrected chi connectivity index (χ0v) is 9.07. The Morgan fingerprint density at radius 1 is 1.47 bits per heavy atom. The van der Waals surface area contributed by atoms with Gasteiger partial charge in [-0.05, 0) is 24.6 Å². The van der Waals surface area contributed by atoms with Crippen LogP contribution in [0, 0.1) is 6.92 Å². The predicted molar refractivity (Wildman–Crippen MR) is 59.2 cm³/mol. The molecule has 0 aliphatic heterocycles. The fourth-order valence-electron chi connectivity index (χ4n) is 1.33. The first-order valence-corrected chi connectivity index (χ1v) is 4.99. The van der Waals surface area contributed by atoms with Gasteiger partial charge in [-0.15, -0.1) is 0 Å². The second-order valence-corrected chi connectivity index (χ2v) is 3.77. The van der Waals surface area contributed by atoms with Crippen molar-refractivity contribution in [2.24, 2.45) is 0 Å². The van der Waals surface area contributed by atoms with Crippen molar-refractivity contribution in [3.05, 3.63) is 47.0 Å². The second-order valence-electron chi connectivity index (χ2n) is 3.36. The lowest BCUT2D eigenvalue weighted by Crippen LogP contribution is -1.90. The predicted octanol–water partition coefficient (Wildman–Crippen LogP) is 2.33. The van der Waals surface area contributed by atoms with Crippen molar-refractivity contribution in [1.29, 1.82) is 0 Å². The maximum absolute atomic E-state index is 8.89. The molecule has 2 rings (SSSR count). The summed E-state index contributed by atoms with van der Waals surface area (Å²) in [7, 11) is 0. The molecule has 3 nitrogen and oxygen atoms in total. The summed E-state index contributed by atoms with van der Waals surface area (Å²) in [5, 5.41) is 9.62. The van der Waals surface area contributed by atoms with Gasteiger partial charge in [-0.25, -0.2) is 4.98 Å². The number of hydrogen-bond acceptors (Lipinski definition) is 2. The molecule has 0 aliphatic rings. The Hall–Kier alpha value is -1.32. The van der Waals surface area contributed by atoms with Gasteiger partial charge in [0.25, 0.3) is 0 Å². The molecule has 0 bridgehead atoms. The van der Waals surface area contributed by atoms with Crippen LogP contribution in [0.3, 0.4) is 0 Å². The van der Waals surface area contributed by atoms with Gasteiger partial charge in [0, 0.05) is 16.9 Å². The molecule has 0 fully saturated rings. The largest absolute Gasteiger partial charge is 0.390 e. The van der Waals surface area contributed by atoms with Gasteiger partial charge in [0.1, 0.15) is 0 Å². The Balaban J connectivity index is 2.40. The Kier molecular flexibility index (Phi) is 2.75. The van der Waals surface area contributed by atoms with Crippen LogP contribution < -0.4 is 0 Å². The number of rotatable bonds is 2. The molecule has 0 spiro atoms. The van der Waals surface area contributed by atoms with Gasteiger partial charge in [0.2, 0.25) is 0 Å². The second kappa shape index (κ2) is 4.04. The molecule has 0 radical (unpaired) electrons. The van der Waals surface area contributed by atoms with Crippen LogP contribution in [-0.2, 0) is 6.61 Å². The number of nitrogens with zero attached hydrogens (tertiary/aromatic N) is 2. The van der Waals surface area contributed by atoms with Gasteiger partial charge in [-0.3, -0.25) is 0 Å². The molecule has 4 heteroatoms. The Bertz CT molecular complexity index is 479. The topological polar surface area (TPSA) is 38.0 Å². The number of aryl methyl sites for hydroxylation is 1. The van der Waals surface area contributed by atoms with E-state index >= 15 is 0 Å². The molecule has 0 saturated heterocycles. The summed E-state index contributed by atoms with van der Waals surface area (Å²) in [4.78, 5) is 4.03. The summed E-state index contributed by atoms with van der Waals surface area (Å²) in [6.45, 7) is 1.91. The highest BCUT2D eigenvalue weighted by Gasteiger charge is 2.01. The first-order valence-electron chi connectivity index (χ1n) is 4.61. The van der Waals surface area contributed by atoms with Gasteiger partial charge >= 0.3 is 0 Å². The van der Waals surface area contributed by atoms with Gasteiger partial charge in [0.05, 0.1) is 18.6 Å². The minimum Gasteiger partial charge on any atom is -0.390 e. The van der Waals surface area contributed by atoms with Crippen LogP contribution in [0.5, 0.6) is 0 Å². The summed E-state index contributed by atoms with van der Waals surface area (Å²) >= 11 is 6.02. The molecular formula is C11H11ClN2O. The molecule has 0 amide bonds. The maximum Gasteiger partial charge on any atom is 0.0996 e. The zero-order chi connectivity index (χ0) is 10.8. The van der Waals surface area contributed by atoms with Crippen LogP contribution in [0.1, 0.15) is 11.3 Å². The summed E-state index contributed by atoms with van der Waals surface area (Å²) in [6, 6.07) is 5.79. The lowest BCUT2D eigenvalue weighted by molar-refractivity contribution is 0.277. The molecule has 15 heavy (non-hydrogen) atoms. The molecular weight excluding hydrogens is 212 g/mol. The van der Waals surface area contributed by atoms with E-state index in [0.29, 0.717) is 5.69 Å². The minimum absolute atomic E-state index is 0.0490.